The highest BCUT2D eigenvalue weighted by atomic mass is 35.5. The fraction of sp³-hybridized carbons (Fsp3) is 0.436. The Morgan fingerprint density at radius 1 is 0.877 bits per heavy atom. The average Bonchev–Trinajstić information content (AvgIpc) is 3.69. The van der Waals surface area contributed by atoms with Gasteiger partial charge in [-0.3, -0.25) is 24.5 Å². The van der Waals surface area contributed by atoms with E-state index in [0.29, 0.717) is 17.7 Å². The number of benzene rings is 3. The van der Waals surface area contributed by atoms with Gasteiger partial charge in [0.05, 0.1) is 28.3 Å². The van der Waals surface area contributed by atoms with E-state index in [2.05, 4.69) is 21.8 Å². The number of para-hydroxylation sites is 1. The number of hydrogen-bond acceptors (Lipinski definition) is 10. The number of carbonyl (C=O) groups is 4. The first-order valence-electron chi connectivity index (χ1n) is 25.3. The first kappa shape index (κ1) is 51.3. The van der Waals surface area contributed by atoms with Gasteiger partial charge in [-0.25, -0.2) is 27.5 Å². The van der Waals surface area contributed by atoms with Crippen molar-refractivity contribution in [1.82, 2.24) is 34.6 Å². The van der Waals surface area contributed by atoms with Crippen LogP contribution < -0.4 is 20.6 Å². The van der Waals surface area contributed by atoms with Gasteiger partial charge in [-0.2, -0.15) is 4.98 Å². The van der Waals surface area contributed by atoms with E-state index in [0.717, 1.165) is 74.8 Å². The molecule has 3 saturated heterocycles. The Kier molecular flexibility index (Phi) is 15.4. The second kappa shape index (κ2) is 21.9. The second-order valence-corrected chi connectivity index (χ2v) is 20.4. The zero-order valence-electron chi connectivity index (χ0n) is 41.4. The van der Waals surface area contributed by atoms with Crippen molar-refractivity contribution in [3.05, 3.63) is 122 Å². The van der Waals surface area contributed by atoms with Gasteiger partial charge in [0.1, 0.15) is 34.9 Å². The number of anilines is 1. The van der Waals surface area contributed by atoms with Crippen molar-refractivity contribution in [2.75, 3.05) is 50.8 Å². The summed E-state index contributed by atoms with van der Waals surface area (Å²) in [5, 5.41) is 2.46. The summed E-state index contributed by atoms with van der Waals surface area (Å²) in [4.78, 5) is 81.3. The summed E-state index contributed by atoms with van der Waals surface area (Å²) in [6.45, 7) is 13.3. The van der Waals surface area contributed by atoms with Crippen LogP contribution in [0.5, 0.6) is 5.75 Å². The summed E-state index contributed by atoms with van der Waals surface area (Å²) in [7, 11) is 0. The van der Waals surface area contributed by atoms with Gasteiger partial charge in [0.15, 0.2) is 11.5 Å². The van der Waals surface area contributed by atoms with Gasteiger partial charge in [0.25, 0.3) is 11.8 Å². The minimum atomic E-state index is -0.829. The van der Waals surface area contributed by atoms with Crippen LogP contribution in [0.4, 0.5) is 19.0 Å². The number of nitrogens with one attached hydrogen (secondary N) is 1. The molecular formula is C55H60ClF3N8O6. The molecular weight excluding hydrogens is 961 g/mol. The number of piperidine rings is 2. The van der Waals surface area contributed by atoms with Crippen LogP contribution in [0.2, 0.25) is 0 Å². The number of imide groups is 1. The molecule has 14 nitrogen and oxygen atoms in total. The number of pyridine rings is 1. The Hall–Kier alpha value is -6.59. The smallest absolute Gasteiger partial charge is 0.355 e. The van der Waals surface area contributed by atoms with Gasteiger partial charge in [0.2, 0.25) is 11.8 Å². The number of nitrogens with zero attached hydrogens (tertiary/aromatic N) is 7. The molecule has 4 amide bonds. The Labute approximate surface area is 427 Å². The monoisotopic (exact) mass is 1020 g/mol. The fourth-order valence-corrected chi connectivity index (χ4v) is 11.1. The highest BCUT2D eigenvalue weighted by Crippen LogP contribution is 2.40. The normalized spacial score (nSPS) is 18.7. The summed E-state index contributed by atoms with van der Waals surface area (Å²) < 4.78 is 55.2. The summed E-state index contributed by atoms with van der Waals surface area (Å²) >= 11 is 5.94. The third-order valence-corrected chi connectivity index (χ3v) is 15.0. The lowest BCUT2D eigenvalue weighted by atomic mass is 9.85. The Morgan fingerprint density at radius 2 is 1.63 bits per heavy atom. The van der Waals surface area contributed by atoms with Gasteiger partial charge in [-0.05, 0) is 124 Å². The number of hydrogen-bond donors (Lipinski definition) is 1. The van der Waals surface area contributed by atoms with E-state index in [1.165, 1.54) is 39.8 Å². The Bertz CT molecular complexity index is 3050. The molecule has 0 bridgehead atoms. The topological polar surface area (TPSA) is 150 Å². The number of carbonyl (C=O) groups excluding carboxylic acids is 4. The lowest BCUT2D eigenvalue weighted by Gasteiger charge is -2.40. The fourth-order valence-electron chi connectivity index (χ4n) is 11.0. The number of piperazine rings is 1. The van der Waals surface area contributed by atoms with Crippen LogP contribution in [0, 0.1) is 17.5 Å². The summed E-state index contributed by atoms with van der Waals surface area (Å²) in [5.41, 5.74) is 2.22. The van der Waals surface area contributed by atoms with Crippen molar-refractivity contribution in [2.24, 2.45) is 0 Å². The maximum absolute atomic E-state index is 16.7. The van der Waals surface area contributed by atoms with Crippen LogP contribution in [-0.2, 0) is 20.9 Å². The number of amides is 4. The molecule has 0 radical (unpaired) electrons. The molecule has 2 aromatic heterocycles. The van der Waals surface area contributed by atoms with Crippen molar-refractivity contribution >= 4 is 52.1 Å². The largest absolute Gasteiger partial charge is 0.493 e. The molecule has 1 N–H and O–H groups in total. The molecule has 0 aliphatic carbocycles. The van der Waals surface area contributed by atoms with Gasteiger partial charge < -0.3 is 24.3 Å². The number of ether oxygens (including phenoxy) is 1. The molecule has 3 fully saturated rings. The molecule has 2 atom stereocenters. The lowest BCUT2D eigenvalue weighted by Crippen LogP contribution is -2.54. The van der Waals surface area contributed by atoms with E-state index in [1.807, 2.05) is 37.8 Å². The molecule has 0 saturated carbocycles. The third kappa shape index (κ3) is 10.6. The van der Waals surface area contributed by atoms with Gasteiger partial charge in [-0.15, -0.1) is 0 Å². The molecule has 6 heterocycles. The van der Waals surface area contributed by atoms with Crippen LogP contribution in [0.25, 0.3) is 28.0 Å². The van der Waals surface area contributed by atoms with Crippen molar-refractivity contribution in [2.45, 2.75) is 109 Å². The lowest BCUT2D eigenvalue weighted by molar-refractivity contribution is -0.137. The highest BCUT2D eigenvalue weighted by molar-refractivity contribution is 6.41. The number of halogens is 4. The van der Waals surface area contributed by atoms with Gasteiger partial charge in [0, 0.05) is 44.2 Å². The second-order valence-electron chi connectivity index (χ2n) is 19.9. The molecule has 3 aromatic carbocycles. The van der Waals surface area contributed by atoms with Crippen LogP contribution in [-0.4, -0.2) is 111 Å². The summed E-state index contributed by atoms with van der Waals surface area (Å²) in [6, 6.07) is 14.6. The molecule has 384 valence electrons. The molecule has 73 heavy (non-hydrogen) atoms. The number of aromatic nitrogens is 3. The standard InChI is InChI=1S/C55H60ClF3N8O6/c1-32(2)37-13-8-9-15-44(37)67-51-40(50(62-55(67)72)65-25-24-64(30-33(65)3)53(70)34(4)56)29-43(59)49(61-51)48-42(58)14-12-16-46(48)73-26-11-7-5-6-10-21-63-22-19-35(20-23-63)38-27-36(57)28-39-41(38)31-66(54(39)71)45-17-18-47(68)60-52(45)69/h8-9,12-16,27-29,32-33,35,45H,4-7,10-11,17-26,30-31H2,1-3H3,(H,60,68,69)/t33-,45?/m0/s1. The van der Waals surface area contributed by atoms with Crippen LogP contribution in [0.3, 0.4) is 0 Å². The average molecular weight is 1020 g/mol. The maximum atomic E-state index is 16.7. The van der Waals surface area contributed by atoms with Crippen molar-refractivity contribution in [3.8, 4) is 22.7 Å². The summed E-state index contributed by atoms with van der Waals surface area (Å²) in [6.07, 6.45) is 6.49. The van der Waals surface area contributed by atoms with E-state index < -0.39 is 41.0 Å². The van der Waals surface area contributed by atoms with Crippen molar-refractivity contribution < 1.29 is 37.1 Å². The van der Waals surface area contributed by atoms with E-state index >= 15 is 8.78 Å². The van der Waals surface area contributed by atoms with Crippen LogP contribution in [0.15, 0.2) is 77.1 Å². The Balaban J connectivity index is 0.828. The quantitative estimate of drug-likeness (QED) is 0.0578. The molecule has 5 aromatic rings. The van der Waals surface area contributed by atoms with E-state index in [1.54, 1.807) is 23.1 Å². The molecule has 0 spiro atoms. The van der Waals surface area contributed by atoms with E-state index in [4.69, 9.17) is 21.3 Å². The predicted octanol–water partition coefficient (Wildman–Crippen LogP) is 8.75. The van der Waals surface area contributed by atoms with Gasteiger partial charge in [-0.1, -0.05) is 75.6 Å². The SMILES string of the molecule is C=C(Cl)C(=O)N1CCN(c2nc(=O)n(-c3ccccc3C(C)C)c3nc(-c4c(F)cccc4OCCCCCCCN4CCC(c5cc(F)cc6c5CN(C5CCC(=O)NC5=O)C6=O)CC4)c(F)cc23)[C@@H](C)C1. The van der Waals surface area contributed by atoms with Crippen LogP contribution >= 0.6 is 11.6 Å². The predicted molar refractivity (Wildman–Crippen MR) is 272 cm³/mol. The molecule has 4 aliphatic heterocycles. The zero-order chi connectivity index (χ0) is 51.7. The van der Waals surface area contributed by atoms with E-state index in [-0.39, 0.29) is 114 Å². The van der Waals surface area contributed by atoms with Crippen LogP contribution in [0.1, 0.15) is 117 Å². The maximum Gasteiger partial charge on any atom is 0.355 e. The number of likely N-dealkylation sites (tertiary alicyclic amines) is 1. The molecule has 9 rings (SSSR count). The zero-order valence-corrected chi connectivity index (χ0v) is 42.2. The molecule has 4 aliphatic rings. The minimum Gasteiger partial charge on any atom is -0.493 e. The minimum absolute atomic E-state index is 0.00806. The highest BCUT2D eigenvalue weighted by Gasteiger charge is 2.41. The van der Waals surface area contributed by atoms with E-state index in [9.17, 15) is 28.4 Å². The Morgan fingerprint density at radius 3 is 2.37 bits per heavy atom. The summed E-state index contributed by atoms with van der Waals surface area (Å²) in [5.74, 6) is -3.25. The molecule has 1 unspecified atom stereocenters. The van der Waals surface area contributed by atoms with Crippen molar-refractivity contribution in [1.29, 1.82) is 0 Å². The number of rotatable bonds is 16. The number of unbranched alkanes of at least 4 members (excludes halogenated alkanes) is 4. The number of fused-ring (bicyclic) bond motifs is 2. The van der Waals surface area contributed by atoms with Gasteiger partial charge >= 0.3 is 5.69 Å². The third-order valence-electron chi connectivity index (χ3n) is 14.8. The first-order chi connectivity index (χ1) is 35.1. The molecule has 18 heteroatoms. The first-order valence-corrected chi connectivity index (χ1v) is 25.7. The van der Waals surface area contributed by atoms with Crippen molar-refractivity contribution in [3.63, 3.8) is 0 Å².